The highest BCUT2D eigenvalue weighted by Crippen LogP contribution is 2.32. The number of hydrogen-bond acceptors (Lipinski definition) is 4. The van der Waals surface area contributed by atoms with E-state index in [0.29, 0.717) is 0 Å². The molecule has 0 aromatic heterocycles. The first-order valence-corrected chi connectivity index (χ1v) is 7.61. The molecular weight excluding hydrogens is 381 g/mol. The summed E-state index contributed by atoms with van der Waals surface area (Å²) in [6.07, 6.45) is -4.52. The second-order valence-electron chi connectivity index (χ2n) is 5.17. The Kier molecular flexibility index (Phi) is 6.21. The molecule has 0 N–H and O–H groups in total. The van der Waals surface area contributed by atoms with Crippen LogP contribution >= 0.6 is 15.9 Å². The van der Waals surface area contributed by atoms with Crippen LogP contribution < -0.4 is 4.74 Å². The number of halogens is 4. The zero-order chi connectivity index (χ0) is 17.8. The third kappa shape index (κ3) is 4.95. The van der Waals surface area contributed by atoms with Crippen LogP contribution in [0.15, 0.2) is 24.3 Å². The normalized spacial score (nSPS) is 13.3. The summed E-state index contributed by atoms with van der Waals surface area (Å²) in [5.41, 5.74) is -2.39. The fraction of sp³-hybridized carbons (Fsp3) is 0.467. The van der Waals surface area contributed by atoms with Crippen LogP contribution in [0.25, 0.3) is 0 Å². The van der Waals surface area contributed by atoms with Gasteiger partial charge in [-0.2, -0.15) is 13.2 Å². The number of ether oxygens (including phenoxy) is 2. The summed E-state index contributed by atoms with van der Waals surface area (Å²) in [7, 11) is 0. The second-order valence-corrected chi connectivity index (χ2v) is 6.00. The molecule has 0 amide bonds. The molecule has 4 nitrogen and oxygen atoms in total. The molecule has 0 fully saturated rings. The highest BCUT2D eigenvalue weighted by Gasteiger charge is 2.42. The van der Waals surface area contributed by atoms with Gasteiger partial charge >= 0.3 is 12.1 Å². The van der Waals surface area contributed by atoms with Crippen molar-refractivity contribution in [3.8, 4) is 5.75 Å². The number of carbonyl (C=O) groups excluding carboxylic acids is 2. The molecule has 1 unspecified atom stereocenters. The molecule has 1 aromatic carbocycles. The van der Waals surface area contributed by atoms with Gasteiger partial charge in [-0.15, -0.1) is 0 Å². The van der Waals surface area contributed by atoms with Crippen LogP contribution in [0.2, 0.25) is 0 Å². The van der Waals surface area contributed by atoms with Crippen molar-refractivity contribution >= 4 is 27.7 Å². The van der Waals surface area contributed by atoms with E-state index in [1.165, 1.54) is 26.0 Å². The number of Topliss-reactive ketones (excluding diaryl/α,β-unsaturated/α-hetero) is 1. The van der Waals surface area contributed by atoms with Gasteiger partial charge < -0.3 is 9.47 Å². The van der Waals surface area contributed by atoms with E-state index < -0.39 is 33.9 Å². The van der Waals surface area contributed by atoms with Crippen LogP contribution in [0, 0.1) is 5.41 Å². The van der Waals surface area contributed by atoms with Crippen molar-refractivity contribution in [2.24, 2.45) is 5.41 Å². The van der Waals surface area contributed by atoms with Gasteiger partial charge in [0.05, 0.1) is 12.2 Å². The molecule has 1 aromatic rings. The first kappa shape index (κ1) is 19.5. The van der Waals surface area contributed by atoms with E-state index in [1.54, 1.807) is 6.92 Å². The SMILES string of the molecule is CCOC(=O)C(C)(C)C(=O)C(Br)Oc1cccc(C(F)(F)F)c1. The van der Waals surface area contributed by atoms with Crippen molar-refractivity contribution in [2.45, 2.75) is 32.0 Å². The molecule has 0 aliphatic rings. The summed E-state index contributed by atoms with van der Waals surface area (Å²) in [4.78, 5) is 24.1. The van der Waals surface area contributed by atoms with Crippen molar-refractivity contribution in [3.63, 3.8) is 0 Å². The van der Waals surface area contributed by atoms with E-state index >= 15 is 0 Å². The number of esters is 1. The maximum atomic E-state index is 12.6. The number of alkyl halides is 4. The van der Waals surface area contributed by atoms with Crippen LogP contribution in [-0.4, -0.2) is 23.4 Å². The third-order valence-electron chi connectivity index (χ3n) is 3.01. The summed E-state index contributed by atoms with van der Waals surface area (Å²) < 4.78 is 47.9. The molecule has 1 atom stereocenters. The largest absolute Gasteiger partial charge is 0.471 e. The van der Waals surface area contributed by atoms with E-state index in [0.717, 1.165) is 12.1 Å². The molecule has 0 aliphatic carbocycles. The molecule has 0 aliphatic heterocycles. The summed E-state index contributed by atoms with van der Waals surface area (Å²) in [6.45, 7) is 4.42. The highest BCUT2D eigenvalue weighted by molar-refractivity contribution is 9.09. The highest BCUT2D eigenvalue weighted by atomic mass is 79.9. The summed E-state index contributed by atoms with van der Waals surface area (Å²) in [5.74, 6) is -1.54. The minimum absolute atomic E-state index is 0.108. The van der Waals surface area contributed by atoms with Gasteiger partial charge in [0.15, 0.2) is 0 Å². The molecule has 128 valence electrons. The standard InChI is InChI=1S/C15H16BrF3O4/c1-4-22-13(21)14(2,3)11(20)12(16)23-10-7-5-6-9(8-10)15(17,18)19/h5-8,12H,4H2,1-3H3. The second kappa shape index (κ2) is 7.33. The van der Waals surface area contributed by atoms with Crippen molar-refractivity contribution in [2.75, 3.05) is 6.61 Å². The molecule has 0 saturated heterocycles. The summed E-state index contributed by atoms with van der Waals surface area (Å²) in [6, 6.07) is 4.12. The average molecular weight is 397 g/mol. The Morgan fingerprint density at radius 1 is 1.26 bits per heavy atom. The fourth-order valence-electron chi connectivity index (χ4n) is 1.61. The van der Waals surface area contributed by atoms with Gasteiger partial charge in [-0.05, 0) is 54.9 Å². The van der Waals surface area contributed by atoms with Gasteiger partial charge in [0, 0.05) is 0 Å². The first-order chi connectivity index (χ1) is 10.5. The van der Waals surface area contributed by atoms with Crippen LogP contribution in [0.3, 0.4) is 0 Å². The topological polar surface area (TPSA) is 52.6 Å². The molecule has 23 heavy (non-hydrogen) atoms. The van der Waals surface area contributed by atoms with Crippen LogP contribution in [0.1, 0.15) is 26.3 Å². The van der Waals surface area contributed by atoms with E-state index in [1.807, 2.05) is 0 Å². The van der Waals surface area contributed by atoms with E-state index in [9.17, 15) is 22.8 Å². The van der Waals surface area contributed by atoms with Gasteiger partial charge in [-0.25, -0.2) is 0 Å². The third-order valence-corrected chi connectivity index (χ3v) is 3.61. The Morgan fingerprint density at radius 3 is 2.39 bits per heavy atom. The number of rotatable bonds is 6. The van der Waals surface area contributed by atoms with Crippen molar-refractivity contribution in [3.05, 3.63) is 29.8 Å². The average Bonchev–Trinajstić information content (AvgIpc) is 2.46. The Labute approximate surface area is 140 Å². The Morgan fingerprint density at radius 2 is 1.87 bits per heavy atom. The minimum atomic E-state index is -4.52. The quantitative estimate of drug-likeness (QED) is 0.414. The number of carbonyl (C=O) groups is 2. The van der Waals surface area contributed by atoms with E-state index in [-0.39, 0.29) is 12.4 Å². The van der Waals surface area contributed by atoms with Gasteiger partial charge in [0.2, 0.25) is 10.8 Å². The molecule has 0 saturated carbocycles. The zero-order valence-corrected chi connectivity index (χ0v) is 14.3. The maximum Gasteiger partial charge on any atom is 0.416 e. The predicted octanol–water partition coefficient (Wildman–Crippen LogP) is 3.96. The monoisotopic (exact) mass is 396 g/mol. The van der Waals surface area contributed by atoms with Gasteiger partial charge in [-0.3, -0.25) is 9.59 Å². The number of hydrogen-bond donors (Lipinski definition) is 0. The molecule has 1 rings (SSSR count). The lowest BCUT2D eigenvalue weighted by atomic mass is 9.88. The fourth-order valence-corrected chi connectivity index (χ4v) is 2.40. The molecule has 0 spiro atoms. The van der Waals surface area contributed by atoms with Crippen molar-refractivity contribution in [1.82, 2.24) is 0 Å². The number of benzene rings is 1. The zero-order valence-electron chi connectivity index (χ0n) is 12.7. The maximum absolute atomic E-state index is 12.6. The summed E-state index contributed by atoms with van der Waals surface area (Å²) in [5, 5.41) is -1.29. The molecule has 8 heteroatoms. The summed E-state index contributed by atoms with van der Waals surface area (Å²) >= 11 is 2.95. The van der Waals surface area contributed by atoms with Gasteiger partial charge in [0.25, 0.3) is 0 Å². The van der Waals surface area contributed by atoms with Crippen LogP contribution in [0.4, 0.5) is 13.2 Å². The lowest BCUT2D eigenvalue weighted by Crippen LogP contribution is -2.41. The number of ketones is 1. The van der Waals surface area contributed by atoms with Gasteiger partial charge in [-0.1, -0.05) is 6.07 Å². The van der Waals surface area contributed by atoms with E-state index in [4.69, 9.17) is 9.47 Å². The lowest BCUT2D eigenvalue weighted by molar-refractivity contribution is -0.158. The Hall–Kier alpha value is -1.57. The minimum Gasteiger partial charge on any atom is -0.471 e. The lowest BCUT2D eigenvalue weighted by Gasteiger charge is -2.24. The Balaban J connectivity index is 2.89. The first-order valence-electron chi connectivity index (χ1n) is 6.69. The predicted molar refractivity (Wildman–Crippen MR) is 80.2 cm³/mol. The molecular formula is C15H16BrF3O4. The molecule has 0 bridgehead atoms. The van der Waals surface area contributed by atoms with E-state index in [2.05, 4.69) is 15.9 Å². The molecule has 0 heterocycles. The van der Waals surface area contributed by atoms with Crippen LogP contribution in [-0.2, 0) is 20.5 Å². The smallest absolute Gasteiger partial charge is 0.416 e. The molecule has 0 radical (unpaired) electrons. The van der Waals surface area contributed by atoms with Crippen molar-refractivity contribution in [1.29, 1.82) is 0 Å². The van der Waals surface area contributed by atoms with Gasteiger partial charge in [0.1, 0.15) is 11.2 Å². The van der Waals surface area contributed by atoms with Crippen LogP contribution in [0.5, 0.6) is 5.75 Å². The van der Waals surface area contributed by atoms with Crippen molar-refractivity contribution < 1.29 is 32.2 Å². The Bertz CT molecular complexity index is 584.